The topological polar surface area (TPSA) is 108 Å². The van der Waals surface area contributed by atoms with Crippen molar-refractivity contribution in [1.29, 1.82) is 0 Å². The minimum atomic E-state index is -0.733. The fourth-order valence-electron chi connectivity index (χ4n) is 3.64. The van der Waals surface area contributed by atoms with Crippen molar-refractivity contribution < 1.29 is 19.0 Å². The first-order valence-electron chi connectivity index (χ1n) is 10.0. The summed E-state index contributed by atoms with van der Waals surface area (Å²) in [6.45, 7) is 0.384. The zero-order chi connectivity index (χ0) is 21.1. The van der Waals surface area contributed by atoms with Gasteiger partial charge in [0.2, 0.25) is 11.9 Å². The van der Waals surface area contributed by atoms with Crippen molar-refractivity contribution in [3.63, 3.8) is 0 Å². The van der Waals surface area contributed by atoms with Gasteiger partial charge in [-0.05, 0) is 44.2 Å². The number of anilines is 3. The van der Waals surface area contributed by atoms with E-state index in [0.29, 0.717) is 36.0 Å². The van der Waals surface area contributed by atoms with Gasteiger partial charge in [-0.2, -0.15) is 4.98 Å². The van der Waals surface area contributed by atoms with Gasteiger partial charge in [-0.15, -0.1) is 0 Å². The third-order valence-electron chi connectivity index (χ3n) is 5.24. The third kappa shape index (κ3) is 5.26. The van der Waals surface area contributed by atoms with Gasteiger partial charge in [-0.3, -0.25) is 4.57 Å². The Balaban J connectivity index is 0.00000272. The molecule has 3 aromatic rings. The summed E-state index contributed by atoms with van der Waals surface area (Å²) < 4.78 is 29.0. The van der Waals surface area contributed by atoms with Crippen LogP contribution < -0.4 is 10.6 Å². The molecule has 0 radical (unpaired) electrons. The lowest BCUT2D eigenvalue weighted by atomic mass is 9.93. The number of halogens is 2. The fourth-order valence-corrected chi connectivity index (χ4v) is 3.64. The Bertz CT molecular complexity index is 1020. The average molecular weight is 434 g/mol. The second-order valence-electron chi connectivity index (χ2n) is 7.47. The van der Waals surface area contributed by atoms with Crippen LogP contribution in [0.25, 0.3) is 11.2 Å². The molecule has 1 fully saturated rings. The highest BCUT2D eigenvalue weighted by molar-refractivity contribution is 5.76. The number of aliphatic hydroxyl groups is 2. The first-order chi connectivity index (χ1) is 14.5. The molecule has 10 heteroatoms. The quantitative estimate of drug-likeness (QED) is 0.450. The van der Waals surface area contributed by atoms with E-state index in [0.717, 1.165) is 37.8 Å². The molecule has 0 unspecified atom stereocenters. The number of rotatable bonds is 7. The second-order valence-corrected chi connectivity index (χ2v) is 7.47. The van der Waals surface area contributed by atoms with Gasteiger partial charge in [0, 0.05) is 25.3 Å². The van der Waals surface area contributed by atoms with Gasteiger partial charge in [0.15, 0.2) is 5.65 Å². The predicted octanol–water partition coefficient (Wildman–Crippen LogP) is 3.58. The van der Waals surface area contributed by atoms with E-state index >= 15 is 0 Å². The standard InChI is InChI=1S/C20H24F2N6O2.CH4/c21-12-2-7-16(15(22)10-12)25-20-26-17-11-23-19(24-13-3-5-14(30)6-4-13)27-18(17)28(20)8-1-9-29;/h2,7,10-11,13-14,29-30H,1,3-6,8-9H2,(H,25,26)(H,23,24,27);1H4. The number of fused-ring (bicyclic) bond motifs is 1. The monoisotopic (exact) mass is 434 g/mol. The van der Waals surface area contributed by atoms with Gasteiger partial charge in [0.1, 0.15) is 17.2 Å². The van der Waals surface area contributed by atoms with Gasteiger partial charge in [0.05, 0.1) is 18.0 Å². The molecule has 0 aliphatic heterocycles. The number of nitrogens with zero attached hydrogens (tertiary/aromatic N) is 4. The maximum atomic E-state index is 14.1. The van der Waals surface area contributed by atoms with Crippen molar-refractivity contribution in [1.82, 2.24) is 19.5 Å². The van der Waals surface area contributed by atoms with Crippen molar-refractivity contribution in [3.8, 4) is 0 Å². The molecular formula is C21H28F2N6O2. The van der Waals surface area contributed by atoms with Crippen molar-refractivity contribution in [2.24, 2.45) is 0 Å². The van der Waals surface area contributed by atoms with E-state index < -0.39 is 11.6 Å². The molecule has 4 rings (SSSR count). The Kier molecular flexibility index (Phi) is 7.34. The molecule has 1 aliphatic carbocycles. The SMILES string of the molecule is C.OCCCn1c(Nc2ccc(F)cc2F)nc2cnc(NC3CCC(O)CC3)nc21. The smallest absolute Gasteiger partial charge is 0.224 e. The van der Waals surface area contributed by atoms with Crippen LogP contribution in [0.5, 0.6) is 0 Å². The summed E-state index contributed by atoms with van der Waals surface area (Å²) in [6.07, 6.45) is 4.96. The van der Waals surface area contributed by atoms with Crippen LogP contribution >= 0.6 is 0 Å². The van der Waals surface area contributed by atoms with Gasteiger partial charge < -0.3 is 20.8 Å². The highest BCUT2D eigenvalue weighted by Crippen LogP contribution is 2.26. The second kappa shape index (κ2) is 9.97. The lowest BCUT2D eigenvalue weighted by molar-refractivity contribution is 0.126. The van der Waals surface area contributed by atoms with Crippen LogP contribution in [0.2, 0.25) is 0 Å². The first kappa shape index (κ1) is 22.8. The summed E-state index contributed by atoms with van der Waals surface area (Å²) in [7, 11) is 0. The Morgan fingerprint density at radius 3 is 2.61 bits per heavy atom. The van der Waals surface area contributed by atoms with E-state index in [-0.39, 0.29) is 31.9 Å². The summed E-state index contributed by atoms with van der Waals surface area (Å²) in [6, 6.07) is 3.45. The highest BCUT2D eigenvalue weighted by Gasteiger charge is 2.21. The van der Waals surface area contributed by atoms with E-state index in [1.54, 1.807) is 10.8 Å². The van der Waals surface area contributed by atoms with Crippen molar-refractivity contribution in [2.75, 3.05) is 17.2 Å². The molecule has 4 N–H and O–H groups in total. The molecule has 8 nitrogen and oxygen atoms in total. The van der Waals surface area contributed by atoms with Crippen molar-refractivity contribution in [3.05, 3.63) is 36.0 Å². The molecule has 2 heterocycles. The summed E-state index contributed by atoms with van der Waals surface area (Å²) in [5.74, 6) is -0.614. The maximum absolute atomic E-state index is 14.1. The van der Waals surface area contributed by atoms with E-state index in [9.17, 15) is 19.0 Å². The molecule has 1 saturated carbocycles. The number of hydrogen-bond donors (Lipinski definition) is 4. The zero-order valence-electron chi connectivity index (χ0n) is 16.4. The van der Waals surface area contributed by atoms with E-state index in [2.05, 4.69) is 25.6 Å². The molecule has 0 bridgehead atoms. The molecule has 1 aromatic carbocycles. The minimum absolute atomic E-state index is 0. The number of aliphatic hydroxyl groups excluding tert-OH is 2. The van der Waals surface area contributed by atoms with Crippen LogP contribution in [-0.4, -0.2) is 48.5 Å². The average Bonchev–Trinajstić information content (AvgIpc) is 3.06. The minimum Gasteiger partial charge on any atom is -0.396 e. The highest BCUT2D eigenvalue weighted by atomic mass is 19.1. The van der Waals surface area contributed by atoms with Gasteiger partial charge in [0.25, 0.3) is 0 Å². The van der Waals surface area contributed by atoms with Crippen LogP contribution in [0.3, 0.4) is 0 Å². The van der Waals surface area contributed by atoms with Crippen LogP contribution in [-0.2, 0) is 6.54 Å². The molecule has 168 valence electrons. The van der Waals surface area contributed by atoms with Gasteiger partial charge in [-0.25, -0.2) is 18.7 Å². The lowest BCUT2D eigenvalue weighted by Gasteiger charge is -2.26. The number of aromatic nitrogens is 4. The molecule has 0 amide bonds. The molecule has 2 aromatic heterocycles. The molecule has 0 spiro atoms. The largest absolute Gasteiger partial charge is 0.396 e. The first-order valence-corrected chi connectivity index (χ1v) is 10.0. The molecule has 0 atom stereocenters. The van der Waals surface area contributed by atoms with Gasteiger partial charge in [-0.1, -0.05) is 7.43 Å². The van der Waals surface area contributed by atoms with Crippen molar-refractivity contribution in [2.45, 2.75) is 58.2 Å². The number of aryl methyl sites for hydroxylation is 1. The Labute approximate surface area is 179 Å². The maximum Gasteiger partial charge on any atom is 0.224 e. The van der Waals surface area contributed by atoms with E-state index in [1.807, 2.05) is 0 Å². The Morgan fingerprint density at radius 2 is 1.90 bits per heavy atom. The Morgan fingerprint density at radius 1 is 1.13 bits per heavy atom. The summed E-state index contributed by atoms with van der Waals surface area (Å²) in [5, 5.41) is 25.1. The van der Waals surface area contributed by atoms with Crippen LogP contribution in [0, 0.1) is 11.6 Å². The normalized spacial score (nSPS) is 18.6. The number of imidazole rings is 1. The van der Waals surface area contributed by atoms with Crippen LogP contribution in [0.1, 0.15) is 39.5 Å². The molecular weight excluding hydrogens is 406 g/mol. The number of nitrogens with one attached hydrogen (secondary N) is 2. The molecule has 31 heavy (non-hydrogen) atoms. The fraction of sp³-hybridized carbons (Fsp3) is 0.476. The number of benzene rings is 1. The summed E-state index contributed by atoms with van der Waals surface area (Å²) in [4.78, 5) is 13.4. The predicted molar refractivity (Wildman–Crippen MR) is 115 cm³/mol. The molecule has 0 saturated heterocycles. The Hall–Kier alpha value is -2.85. The number of hydrogen-bond acceptors (Lipinski definition) is 7. The summed E-state index contributed by atoms with van der Waals surface area (Å²) >= 11 is 0. The zero-order valence-corrected chi connectivity index (χ0v) is 16.4. The van der Waals surface area contributed by atoms with E-state index in [1.165, 1.54) is 6.07 Å². The lowest BCUT2D eigenvalue weighted by Crippen LogP contribution is -2.28. The van der Waals surface area contributed by atoms with Crippen LogP contribution in [0.4, 0.5) is 26.4 Å². The molecule has 1 aliphatic rings. The van der Waals surface area contributed by atoms with Crippen LogP contribution in [0.15, 0.2) is 24.4 Å². The van der Waals surface area contributed by atoms with E-state index in [4.69, 9.17) is 0 Å². The van der Waals surface area contributed by atoms with Crippen molar-refractivity contribution >= 4 is 28.7 Å². The third-order valence-corrected chi connectivity index (χ3v) is 5.24. The summed E-state index contributed by atoms with van der Waals surface area (Å²) in [5.41, 5.74) is 1.15. The van der Waals surface area contributed by atoms with Gasteiger partial charge >= 0.3 is 0 Å².